The normalized spacial score (nSPS) is 23.0. The first-order chi connectivity index (χ1) is 20.6. The fraction of sp³-hybridized carbons (Fsp3) is 0.471. The van der Waals surface area contributed by atoms with Crippen LogP contribution >= 0.6 is 0 Å². The zero-order valence-corrected chi connectivity index (χ0v) is 24.1. The predicted octanol–water partition coefficient (Wildman–Crippen LogP) is 9.63. The topological polar surface area (TPSA) is 27.7 Å². The second-order valence-electron chi connectivity index (χ2n) is 11.6. The van der Waals surface area contributed by atoms with Gasteiger partial charge in [0.25, 0.3) is 0 Å². The minimum atomic E-state index is -3.72. The molecule has 43 heavy (non-hydrogen) atoms. The van der Waals surface area contributed by atoms with Gasteiger partial charge in [-0.2, -0.15) is 8.78 Å². The second-order valence-corrected chi connectivity index (χ2v) is 11.6. The molecule has 1 saturated heterocycles. The van der Waals surface area contributed by atoms with Gasteiger partial charge < -0.3 is 14.2 Å². The highest BCUT2D eigenvalue weighted by Gasteiger charge is 2.41. The van der Waals surface area contributed by atoms with Gasteiger partial charge in [-0.05, 0) is 85.9 Å². The summed E-state index contributed by atoms with van der Waals surface area (Å²) in [5.41, 5.74) is 0.773. The van der Waals surface area contributed by atoms with Crippen molar-refractivity contribution in [3.05, 3.63) is 94.6 Å². The molecule has 9 heteroatoms. The van der Waals surface area contributed by atoms with Crippen molar-refractivity contribution in [3.63, 3.8) is 0 Å². The minimum absolute atomic E-state index is 0.0433. The summed E-state index contributed by atoms with van der Waals surface area (Å²) < 4.78 is 103. The Hall–Kier alpha value is -2.88. The molecule has 1 aliphatic carbocycles. The molecule has 5 rings (SSSR count). The third kappa shape index (κ3) is 7.62. The van der Waals surface area contributed by atoms with Crippen molar-refractivity contribution in [2.24, 2.45) is 11.8 Å². The Morgan fingerprint density at radius 2 is 1.49 bits per heavy atom. The number of ether oxygens (including phenoxy) is 3. The van der Waals surface area contributed by atoms with Crippen LogP contribution in [0.5, 0.6) is 0 Å². The summed E-state index contributed by atoms with van der Waals surface area (Å²) in [4.78, 5) is 0. The highest BCUT2D eigenvalue weighted by Crippen LogP contribution is 2.40. The maximum atomic E-state index is 14.9. The van der Waals surface area contributed by atoms with Crippen LogP contribution in [-0.4, -0.2) is 19.3 Å². The zero-order valence-electron chi connectivity index (χ0n) is 24.1. The third-order valence-corrected chi connectivity index (χ3v) is 8.54. The lowest BCUT2D eigenvalue weighted by atomic mass is 9.79. The van der Waals surface area contributed by atoms with Crippen molar-refractivity contribution in [2.75, 3.05) is 13.2 Å². The molecule has 0 radical (unpaired) electrons. The molecule has 3 aromatic carbocycles. The summed E-state index contributed by atoms with van der Waals surface area (Å²) in [5.74, 6) is -3.40. The standard InChI is InChI=1S/C34H36F6O3/c1-2-3-4-5-21-6-14-28(31(37)16-21)34(39,40)43-26-11-7-22(8-12-26)25-19-41-33(42-20-25)24-9-13-27(30(36)18-24)23-10-15-29(35)32(38)17-23/h6,9-10,13-18,22,25-26,33H,2-5,7-8,11-12,19-20H2,1H3. The molecule has 1 heterocycles. The quantitative estimate of drug-likeness (QED) is 0.170. The number of aryl methyl sites for hydroxylation is 1. The van der Waals surface area contributed by atoms with Crippen molar-refractivity contribution in [3.8, 4) is 11.1 Å². The van der Waals surface area contributed by atoms with Gasteiger partial charge in [0.15, 0.2) is 17.9 Å². The van der Waals surface area contributed by atoms with Crippen LogP contribution in [0.3, 0.4) is 0 Å². The largest absolute Gasteiger partial charge is 0.386 e. The molecule has 0 bridgehead atoms. The highest BCUT2D eigenvalue weighted by molar-refractivity contribution is 5.64. The van der Waals surface area contributed by atoms with Crippen LogP contribution in [0.2, 0.25) is 0 Å². The summed E-state index contributed by atoms with van der Waals surface area (Å²) >= 11 is 0. The first kappa shape index (κ1) is 31.5. The molecule has 2 aliphatic rings. The van der Waals surface area contributed by atoms with Gasteiger partial charge in [0, 0.05) is 17.0 Å². The summed E-state index contributed by atoms with van der Waals surface area (Å²) in [7, 11) is 0. The second kappa shape index (κ2) is 13.8. The fourth-order valence-corrected chi connectivity index (χ4v) is 6.04. The Labute approximate surface area is 248 Å². The van der Waals surface area contributed by atoms with E-state index in [1.54, 1.807) is 12.1 Å². The van der Waals surface area contributed by atoms with Gasteiger partial charge in [0.2, 0.25) is 0 Å². The molecule has 0 spiro atoms. The number of unbranched alkanes of at least 4 members (excludes halogenated alkanes) is 2. The SMILES string of the molecule is CCCCCc1ccc(C(F)(F)OC2CCC(C3COC(c4ccc(-c5ccc(F)c(F)c5)c(F)c4)OC3)CC2)c(F)c1. The minimum Gasteiger partial charge on any atom is -0.348 e. The van der Waals surface area contributed by atoms with E-state index in [1.165, 1.54) is 24.3 Å². The smallest absolute Gasteiger partial charge is 0.348 e. The van der Waals surface area contributed by atoms with Crippen LogP contribution in [0.1, 0.15) is 74.8 Å². The molecular formula is C34H36F6O3. The van der Waals surface area contributed by atoms with Crippen molar-refractivity contribution >= 4 is 0 Å². The number of rotatable bonds is 10. The molecule has 2 fully saturated rings. The van der Waals surface area contributed by atoms with E-state index >= 15 is 0 Å². The molecule has 1 saturated carbocycles. The highest BCUT2D eigenvalue weighted by atomic mass is 19.3. The Morgan fingerprint density at radius 3 is 2.14 bits per heavy atom. The average molecular weight is 607 g/mol. The van der Waals surface area contributed by atoms with Gasteiger partial charge in [-0.3, -0.25) is 0 Å². The van der Waals surface area contributed by atoms with Gasteiger partial charge in [-0.1, -0.05) is 44.0 Å². The number of hydrogen-bond donors (Lipinski definition) is 0. The maximum absolute atomic E-state index is 14.9. The van der Waals surface area contributed by atoms with E-state index in [-0.39, 0.29) is 23.0 Å². The van der Waals surface area contributed by atoms with Crippen molar-refractivity contribution < 1.29 is 40.6 Å². The maximum Gasteiger partial charge on any atom is 0.386 e. The van der Waals surface area contributed by atoms with Crippen LogP contribution in [0.25, 0.3) is 11.1 Å². The Morgan fingerprint density at radius 1 is 0.744 bits per heavy atom. The predicted molar refractivity (Wildman–Crippen MR) is 150 cm³/mol. The fourth-order valence-electron chi connectivity index (χ4n) is 6.04. The molecular weight excluding hydrogens is 570 g/mol. The summed E-state index contributed by atoms with van der Waals surface area (Å²) in [6.07, 6.45) is 0.473. The molecule has 0 aromatic heterocycles. The summed E-state index contributed by atoms with van der Waals surface area (Å²) in [6, 6.07) is 11.4. The number of halogens is 6. The summed E-state index contributed by atoms with van der Waals surface area (Å²) in [5, 5.41) is 0. The van der Waals surface area contributed by atoms with Crippen molar-refractivity contribution in [1.29, 1.82) is 0 Å². The van der Waals surface area contributed by atoms with Crippen molar-refractivity contribution in [2.45, 2.75) is 76.8 Å². The van der Waals surface area contributed by atoms with E-state index in [1.807, 2.05) is 0 Å². The zero-order chi connectivity index (χ0) is 30.6. The van der Waals surface area contributed by atoms with Crippen LogP contribution < -0.4 is 0 Å². The van der Waals surface area contributed by atoms with E-state index in [4.69, 9.17) is 14.2 Å². The van der Waals surface area contributed by atoms with E-state index in [2.05, 4.69) is 6.92 Å². The Balaban J connectivity index is 1.10. The number of alkyl halides is 2. The van der Waals surface area contributed by atoms with Gasteiger partial charge in [0.1, 0.15) is 11.6 Å². The van der Waals surface area contributed by atoms with Crippen LogP contribution in [0, 0.1) is 35.1 Å². The molecule has 0 amide bonds. The first-order valence-corrected chi connectivity index (χ1v) is 15.0. The lowest BCUT2D eigenvalue weighted by Crippen LogP contribution is -2.36. The van der Waals surface area contributed by atoms with Gasteiger partial charge >= 0.3 is 6.11 Å². The third-order valence-electron chi connectivity index (χ3n) is 8.54. The average Bonchev–Trinajstić information content (AvgIpc) is 2.99. The number of hydrogen-bond acceptors (Lipinski definition) is 3. The lowest BCUT2D eigenvalue weighted by molar-refractivity contribution is -0.281. The van der Waals surface area contributed by atoms with E-state index in [0.29, 0.717) is 56.4 Å². The molecule has 3 nitrogen and oxygen atoms in total. The number of benzene rings is 3. The monoisotopic (exact) mass is 606 g/mol. The van der Waals surface area contributed by atoms with E-state index < -0.39 is 47.3 Å². The molecule has 0 unspecified atom stereocenters. The van der Waals surface area contributed by atoms with Crippen LogP contribution in [-0.2, 0) is 26.7 Å². The molecule has 232 valence electrons. The Kier molecular flexibility index (Phi) is 10.1. The van der Waals surface area contributed by atoms with E-state index in [0.717, 1.165) is 37.5 Å². The molecule has 0 atom stereocenters. The molecule has 0 N–H and O–H groups in total. The van der Waals surface area contributed by atoms with Gasteiger partial charge in [0.05, 0.1) is 24.9 Å². The van der Waals surface area contributed by atoms with Crippen LogP contribution in [0.4, 0.5) is 26.3 Å². The van der Waals surface area contributed by atoms with Gasteiger partial charge in [-0.15, -0.1) is 0 Å². The first-order valence-electron chi connectivity index (χ1n) is 15.0. The van der Waals surface area contributed by atoms with Crippen molar-refractivity contribution in [1.82, 2.24) is 0 Å². The molecule has 3 aromatic rings. The lowest BCUT2D eigenvalue weighted by Gasteiger charge is -2.38. The van der Waals surface area contributed by atoms with Gasteiger partial charge in [-0.25, -0.2) is 17.6 Å². The van der Waals surface area contributed by atoms with E-state index in [9.17, 15) is 26.3 Å². The Bertz CT molecular complexity index is 1380. The molecule has 1 aliphatic heterocycles. The summed E-state index contributed by atoms with van der Waals surface area (Å²) in [6.45, 7) is 2.79. The van der Waals surface area contributed by atoms with Crippen LogP contribution in [0.15, 0.2) is 54.6 Å².